The molecule has 8 nitrogen and oxygen atoms in total. The van der Waals surface area contributed by atoms with Gasteiger partial charge in [0.2, 0.25) is 0 Å². The summed E-state index contributed by atoms with van der Waals surface area (Å²) in [6.45, 7) is 1.84. The van der Waals surface area contributed by atoms with Crippen molar-refractivity contribution in [2.45, 2.75) is 18.0 Å². The van der Waals surface area contributed by atoms with Crippen LogP contribution in [0.1, 0.15) is 11.1 Å². The minimum Gasteiger partial charge on any atom is -0.325 e. The van der Waals surface area contributed by atoms with Gasteiger partial charge in [-0.2, -0.15) is 21.6 Å². The maximum atomic E-state index is 12.7. The highest BCUT2D eigenvalue weighted by Crippen LogP contribution is 2.31. The molecule has 0 saturated heterocycles. The molecule has 0 amide bonds. The summed E-state index contributed by atoms with van der Waals surface area (Å²) in [6.07, 6.45) is -0.512. The van der Waals surface area contributed by atoms with E-state index >= 15 is 0 Å². The SMILES string of the molecule is Cc1c(Nc2ccc(C(F)(F)F)cn2)ncnc1-c1ccc2cccnc2c1.O=S(=O)(O)c1ccccc1. The Hall–Kier alpha value is -4.42. The normalized spacial score (nSPS) is 11.5. The van der Waals surface area contributed by atoms with Crippen LogP contribution in [0.3, 0.4) is 0 Å². The third-order valence-corrected chi connectivity index (χ3v) is 6.21. The second kappa shape index (κ2) is 10.9. The van der Waals surface area contributed by atoms with Crippen LogP contribution in [0.2, 0.25) is 0 Å². The molecule has 0 bridgehead atoms. The van der Waals surface area contributed by atoms with Crippen molar-refractivity contribution in [2.24, 2.45) is 0 Å². The summed E-state index contributed by atoms with van der Waals surface area (Å²) >= 11 is 0. The monoisotopic (exact) mass is 539 g/mol. The number of benzene rings is 2. The van der Waals surface area contributed by atoms with Crippen molar-refractivity contribution < 1.29 is 26.1 Å². The summed E-state index contributed by atoms with van der Waals surface area (Å²) in [7, 11) is -4.00. The molecular formula is C26H20F3N5O3S. The van der Waals surface area contributed by atoms with E-state index < -0.39 is 21.9 Å². The summed E-state index contributed by atoms with van der Waals surface area (Å²) in [5.41, 5.74) is 2.37. The van der Waals surface area contributed by atoms with Gasteiger partial charge in [-0.3, -0.25) is 9.54 Å². The molecule has 38 heavy (non-hydrogen) atoms. The van der Waals surface area contributed by atoms with Crippen molar-refractivity contribution in [1.82, 2.24) is 19.9 Å². The summed E-state index contributed by atoms with van der Waals surface area (Å²) in [4.78, 5) is 16.7. The minimum atomic E-state index is -4.42. The second-order valence-electron chi connectivity index (χ2n) is 7.95. The van der Waals surface area contributed by atoms with Crippen molar-refractivity contribution in [3.63, 3.8) is 0 Å². The quantitative estimate of drug-likeness (QED) is 0.264. The summed E-state index contributed by atoms with van der Waals surface area (Å²) in [5.74, 6) is 0.735. The smallest absolute Gasteiger partial charge is 0.325 e. The number of aromatic nitrogens is 4. The van der Waals surface area contributed by atoms with Crippen LogP contribution in [0.4, 0.5) is 24.8 Å². The molecule has 2 aromatic carbocycles. The highest BCUT2D eigenvalue weighted by molar-refractivity contribution is 7.85. The van der Waals surface area contributed by atoms with Crippen molar-refractivity contribution in [3.05, 3.63) is 103 Å². The predicted octanol–water partition coefficient (Wildman–Crippen LogP) is 6.09. The van der Waals surface area contributed by atoms with E-state index in [2.05, 4.69) is 25.3 Å². The minimum absolute atomic E-state index is 0.0741. The average Bonchev–Trinajstić information content (AvgIpc) is 2.90. The van der Waals surface area contributed by atoms with Crippen molar-refractivity contribution in [2.75, 3.05) is 5.32 Å². The zero-order valence-corrected chi connectivity index (χ0v) is 20.6. The summed E-state index contributed by atoms with van der Waals surface area (Å²) < 4.78 is 67.3. The molecule has 0 fully saturated rings. The number of rotatable bonds is 4. The summed E-state index contributed by atoms with van der Waals surface area (Å²) in [5, 5.41) is 3.97. The molecule has 5 rings (SSSR count). The van der Waals surface area contributed by atoms with Crippen molar-refractivity contribution in [3.8, 4) is 11.3 Å². The molecular weight excluding hydrogens is 519 g/mol. The maximum Gasteiger partial charge on any atom is 0.417 e. The van der Waals surface area contributed by atoms with Crippen molar-refractivity contribution >= 4 is 32.7 Å². The molecule has 0 aliphatic rings. The predicted molar refractivity (Wildman–Crippen MR) is 136 cm³/mol. The topological polar surface area (TPSA) is 118 Å². The summed E-state index contributed by atoms with van der Waals surface area (Å²) in [6, 6.07) is 19.4. The van der Waals surface area contributed by atoms with Gasteiger partial charge in [-0.1, -0.05) is 36.4 Å². The van der Waals surface area contributed by atoms with Crippen LogP contribution >= 0.6 is 0 Å². The Labute approximate surface area is 216 Å². The van der Waals surface area contributed by atoms with Gasteiger partial charge in [0.1, 0.15) is 18.0 Å². The Kier molecular flexibility index (Phi) is 7.65. The van der Waals surface area contributed by atoms with Crippen molar-refractivity contribution in [1.29, 1.82) is 0 Å². The van der Waals surface area contributed by atoms with E-state index in [4.69, 9.17) is 4.55 Å². The average molecular weight is 540 g/mol. The number of hydrogen-bond acceptors (Lipinski definition) is 7. The number of nitrogens with one attached hydrogen (secondary N) is 1. The van der Waals surface area contributed by atoms with Crippen LogP contribution in [-0.2, 0) is 16.3 Å². The van der Waals surface area contributed by atoms with Gasteiger partial charge in [0.25, 0.3) is 10.1 Å². The fourth-order valence-electron chi connectivity index (χ4n) is 3.43. The number of anilines is 2. The molecule has 194 valence electrons. The largest absolute Gasteiger partial charge is 0.417 e. The van der Waals surface area contributed by atoms with Gasteiger partial charge in [-0.25, -0.2) is 15.0 Å². The molecule has 12 heteroatoms. The zero-order valence-electron chi connectivity index (χ0n) is 19.8. The first-order valence-electron chi connectivity index (χ1n) is 11.0. The lowest BCUT2D eigenvalue weighted by Crippen LogP contribution is -2.06. The standard InChI is InChI=1S/C20H14F3N5.C6H6O3S/c1-12-18(14-5-4-13-3-2-8-24-16(13)9-14)26-11-27-19(12)28-17-7-6-15(10-25-17)20(21,22)23;7-10(8,9)6-4-2-1-3-5-6/h2-11H,1H3,(H,25,26,27,28);1-5H,(H,7,8,9). The molecule has 0 spiro atoms. The number of alkyl halides is 3. The van der Waals surface area contributed by atoms with Gasteiger partial charge < -0.3 is 5.32 Å². The van der Waals surface area contributed by atoms with Crippen LogP contribution in [0.25, 0.3) is 22.2 Å². The van der Waals surface area contributed by atoms with E-state index in [9.17, 15) is 21.6 Å². The fraction of sp³-hybridized carbons (Fsp3) is 0.0769. The van der Waals surface area contributed by atoms with E-state index in [1.165, 1.54) is 24.5 Å². The number of pyridine rings is 2. The lowest BCUT2D eigenvalue weighted by Gasteiger charge is -2.12. The van der Waals surface area contributed by atoms with Gasteiger partial charge in [0.05, 0.1) is 21.7 Å². The lowest BCUT2D eigenvalue weighted by molar-refractivity contribution is -0.137. The highest BCUT2D eigenvalue weighted by Gasteiger charge is 2.30. The number of hydrogen-bond donors (Lipinski definition) is 2. The number of halogens is 3. The Morgan fingerprint density at radius 3 is 2.26 bits per heavy atom. The van der Waals surface area contributed by atoms with Gasteiger partial charge >= 0.3 is 6.18 Å². The molecule has 3 heterocycles. The third kappa shape index (κ3) is 6.47. The molecule has 0 unspecified atom stereocenters. The molecule has 0 aliphatic heterocycles. The highest BCUT2D eigenvalue weighted by atomic mass is 32.2. The van der Waals surface area contributed by atoms with Crippen LogP contribution in [-0.4, -0.2) is 32.9 Å². The lowest BCUT2D eigenvalue weighted by atomic mass is 10.0. The Morgan fingerprint density at radius 1 is 0.868 bits per heavy atom. The molecule has 0 saturated carbocycles. The molecule has 0 aliphatic carbocycles. The van der Waals surface area contributed by atoms with E-state index in [0.717, 1.165) is 34.3 Å². The second-order valence-corrected chi connectivity index (χ2v) is 9.37. The fourth-order valence-corrected chi connectivity index (χ4v) is 3.93. The Morgan fingerprint density at radius 2 is 1.63 bits per heavy atom. The van der Waals surface area contributed by atoms with E-state index in [0.29, 0.717) is 11.5 Å². The van der Waals surface area contributed by atoms with E-state index in [1.807, 2.05) is 37.3 Å². The van der Waals surface area contributed by atoms with Gasteiger partial charge in [-0.15, -0.1) is 0 Å². The third-order valence-electron chi connectivity index (χ3n) is 5.34. The first-order valence-corrected chi connectivity index (χ1v) is 12.5. The Bertz CT molecular complexity index is 1660. The van der Waals surface area contributed by atoms with E-state index in [1.54, 1.807) is 24.4 Å². The first kappa shape index (κ1) is 26.6. The van der Waals surface area contributed by atoms with Gasteiger partial charge in [0, 0.05) is 28.9 Å². The van der Waals surface area contributed by atoms with Crippen LogP contribution in [0.5, 0.6) is 0 Å². The molecule has 0 radical (unpaired) electrons. The van der Waals surface area contributed by atoms with Crippen LogP contribution in [0.15, 0.2) is 96.4 Å². The van der Waals surface area contributed by atoms with Crippen LogP contribution < -0.4 is 5.32 Å². The zero-order chi connectivity index (χ0) is 27.3. The first-order chi connectivity index (χ1) is 18.0. The van der Waals surface area contributed by atoms with E-state index in [-0.39, 0.29) is 10.7 Å². The molecule has 0 atom stereocenters. The maximum absolute atomic E-state index is 12.7. The van der Waals surface area contributed by atoms with Gasteiger partial charge in [-0.05, 0) is 43.3 Å². The number of fused-ring (bicyclic) bond motifs is 1. The molecule has 3 aromatic heterocycles. The van der Waals surface area contributed by atoms with Gasteiger partial charge in [0.15, 0.2) is 0 Å². The Balaban J connectivity index is 0.000000283. The molecule has 2 N–H and O–H groups in total. The van der Waals surface area contributed by atoms with Crippen LogP contribution in [0, 0.1) is 6.92 Å². The number of nitrogens with zero attached hydrogens (tertiary/aromatic N) is 4. The molecule has 5 aromatic rings.